The van der Waals surface area contributed by atoms with Crippen LogP contribution in [0.5, 0.6) is 0 Å². The fourth-order valence-corrected chi connectivity index (χ4v) is 2.91. The van der Waals surface area contributed by atoms with Gasteiger partial charge in [-0.25, -0.2) is 4.98 Å². The van der Waals surface area contributed by atoms with E-state index in [1.807, 2.05) is 55.5 Å². The molecule has 23 heavy (non-hydrogen) atoms. The third-order valence-electron chi connectivity index (χ3n) is 3.84. The smallest absolute Gasteiger partial charge is 0.157 e. The number of benzene rings is 2. The van der Waals surface area contributed by atoms with E-state index in [0.29, 0.717) is 11.6 Å². The molecular weight excluding hydrogens is 310 g/mol. The first-order valence-electron chi connectivity index (χ1n) is 7.34. The Kier molecular flexibility index (Phi) is 3.39. The minimum atomic E-state index is 0.597. The van der Waals surface area contributed by atoms with Crippen LogP contribution in [0.25, 0.3) is 22.3 Å². The van der Waals surface area contributed by atoms with Gasteiger partial charge in [0.05, 0.1) is 17.6 Å². The number of rotatable bonds is 3. The van der Waals surface area contributed by atoms with E-state index in [1.165, 1.54) is 0 Å². The van der Waals surface area contributed by atoms with Crippen molar-refractivity contribution in [3.63, 3.8) is 0 Å². The number of halogens is 1. The van der Waals surface area contributed by atoms with Crippen LogP contribution in [-0.2, 0) is 6.54 Å². The molecular formula is C18H14ClN3O. The third kappa shape index (κ3) is 2.62. The molecule has 0 radical (unpaired) electrons. The van der Waals surface area contributed by atoms with E-state index in [2.05, 4.69) is 20.8 Å². The Labute approximate surface area is 138 Å². The van der Waals surface area contributed by atoms with Crippen molar-refractivity contribution in [3.8, 4) is 11.3 Å². The van der Waals surface area contributed by atoms with Gasteiger partial charge in [-0.1, -0.05) is 41.0 Å². The molecule has 4 aromatic rings. The van der Waals surface area contributed by atoms with Crippen LogP contribution in [0.2, 0.25) is 5.02 Å². The number of fused-ring (bicyclic) bond motifs is 1. The summed E-state index contributed by atoms with van der Waals surface area (Å²) >= 11 is 6.03. The summed E-state index contributed by atoms with van der Waals surface area (Å²) < 4.78 is 7.62. The van der Waals surface area contributed by atoms with Gasteiger partial charge in [0.25, 0.3) is 0 Å². The van der Waals surface area contributed by atoms with Crippen molar-refractivity contribution in [3.05, 3.63) is 71.2 Å². The van der Waals surface area contributed by atoms with E-state index >= 15 is 0 Å². The van der Waals surface area contributed by atoms with Crippen LogP contribution in [0.1, 0.15) is 11.6 Å². The molecule has 2 heterocycles. The molecule has 2 aromatic carbocycles. The third-order valence-corrected chi connectivity index (χ3v) is 4.07. The van der Waals surface area contributed by atoms with Gasteiger partial charge < -0.3 is 9.09 Å². The summed E-state index contributed by atoms with van der Waals surface area (Å²) in [7, 11) is 0. The normalized spacial score (nSPS) is 11.2. The zero-order valence-corrected chi connectivity index (χ0v) is 13.3. The van der Waals surface area contributed by atoms with E-state index in [0.717, 1.165) is 33.9 Å². The molecule has 0 saturated heterocycles. The molecule has 0 N–H and O–H groups in total. The molecule has 0 atom stereocenters. The van der Waals surface area contributed by atoms with E-state index in [1.54, 1.807) is 0 Å². The molecule has 0 unspecified atom stereocenters. The Morgan fingerprint density at radius 2 is 1.96 bits per heavy atom. The van der Waals surface area contributed by atoms with Crippen molar-refractivity contribution < 1.29 is 4.52 Å². The second-order valence-corrected chi connectivity index (χ2v) is 5.86. The van der Waals surface area contributed by atoms with Gasteiger partial charge >= 0.3 is 0 Å². The largest absolute Gasteiger partial charge is 0.359 e. The summed E-state index contributed by atoms with van der Waals surface area (Å²) in [6, 6.07) is 17.6. The van der Waals surface area contributed by atoms with E-state index in [-0.39, 0.29) is 0 Å². The zero-order valence-electron chi connectivity index (χ0n) is 12.5. The van der Waals surface area contributed by atoms with Crippen molar-refractivity contribution in [1.82, 2.24) is 14.7 Å². The monoisotopic (exact) mass is 323 g/mol. The van der Waals surface area contributed by atoms with Crippen molar-refractivity contribution in [1.29, 1.82) is 0 Å². The minimum Gasteiger partial charge on any atom is -0.359 e. The predicted molar refractivity (Wildman–Crippen MR) is 90.5 cm³/mol. The van der Waals surface area contributed by atoms with Gasteiger partial charge in [-0.3, -0.25) is 0 Å². The van der Waals surface area contributed by atoms with Crippen molar-refractivity contribution in [2.75, 3.05) is 0 Å². The zero-order chi connectivity index (χ0) is 15.8. The van der Waals surface area contributed by atoms with Crippen LogP contribution in [0.3, 0.4) is 0 Å². The number of aromatic nitrogens is 3. The predicted octanol–water partition coefficient (Wildman–Crippen LogP) is 4.70. The molecule has 5 heteroatoms. The molecule has 0 fully saturated rings. The summed E-state index contributed by atoms with van der Waals surface area (Å²) in [5.41, 5.74) is 3.80. The lowest BCUT2D eigenvalue weighted by Gasteiger charge is -2.03. The number of aryl methyl sites for hydroxylation is 1. The van der Waals surface area contributed by atoms with Gasteiger partial charge in [-0.15, -0.1) is 0 Å². The van der Waals surface area contributed by atoms with E-state index in [4.69, 9.17) is 16.1 Å². The first-order valence-corrected chi connectivity index (χ1v) is 7.72. The summed E-state index contributed by atoms with van der Waals surface area (Å²) in [6.45, 7) is 2.59. The lowest BCUT2D eigenvalue weighted by Crippen LogP contribution is -2.00. The van der Waals surface area contributed by atoms with Crippen molar-refractivity contribution in [2.45, 2.75) is 13.5 Å². The summed E-state index contributed by atoms with van der Waals surface area (Å²) in [6.07, 6.45) is 0. The standard InChI is InChI=1S/C18H14ClN3O/c1-12-20-16-7-2-3-8-18(16)22(12)11-15-10-17(21-23-15)13-5-4-6-14(19)9-13/h2-10H,11H2,1H3. The molecule has 0 amide bonds. The molecule has 0 saturated carbocycles. The van der Waals surface area contributed by atoms with Gasteiger partial charge in [-0.2, -0.15) is 0 Å². The lowest BCUT2D eigenvalue weighted by molar-refractivity contribution is 0.378. The fourth-order valence-electron chi connectivity index (χ4n) is 2.72. The van der Waals surface area contributed by atoms with Gasteiger partial charge in [0.15, 0.2) is 5.76 Å². The highest BCUT2D eigenvalue weighted by atomic mass is 35.5. The first-order chi connectivity index (χ1) is 11.2. The fraction of sp³-hybridized carbons (Fsp3) is 0.111. The summed E-state index contributed by atoms with van der Waals surface area (Å²) in [4.78, 5) is 4.57. The second-order valence-electron chi connectivity index (χ2n) is 5.42. The van der Waals surface area contributed by atoms with Gasteiger partial charge in [0.2, 0.25) is 0 Å². The molecule has 114 valence electrons. The number of hydrogen-bond donors (Lipinski definition) is 0. The highest BCUT2D eigenvalue weighted by Gasteiger charge is 2.11. The maximum absolute atomic E-state index is 6.03. The quantitative estimate of drug-likeness (QED) is 0.549. The average molecular weight is 324 g/mol. The van der Waals surface area contributed by atoms with E-state index in [9.17, 15) is 0 Å². The van der Waals surface area contributed by atoms with Crippen LogP contribution in [0.15, 0.2) is 59.1 Å². The topological polar surface area (TPSA) is 43.9 Å². The number of nitrogens with zero attached hydrogens (tertiary/aromatic N) is 3. The molecule has 0 aliphatic carbocycles. The molecule has 0 bridgehead atoms. The van der Waals surface area contributed by atoms with Gasteiger partial charge in [0.1, 0.15) is 11.5 Å². The number of imidazole rings is 1. The Hall–Kier alpha value is -2.59. The van der Waals surface area contributed by atoms with Crippen LogP contribution in [-0.4, -0.2) is 14.7 Å². The second kappa shape index (κ2) is 5.56. The molecule has 4 nitrogen and oxygen atoms in total. The van der Waals surface area contributed by atoms with Gasteiger partial charge in [-0.05, 0) is 31.2 Å². The number of para-hydroxylation sites is 2. The van der Waals surface area contributed by atoms with E-state index < -0.39 is 0 Å². The maximum atomic E-state index is 6.03. The van der Waals surface area contributed by atoms with Crippen LogP contribution in [0.4, 0.5) is 0 Å². The Morgan fingerprint density at radius 1 is 1.09 bits per heavy atom. The Bertz CT molecular complexity index is 987. The highest BCUT2D eigenvalue weighted by Crippen LogP contribution is 2.24. The average Bonchev–Trinajstić information content (AvgIpc) is 3.13. The summed E-state index contributed by atoms with van der Waals surface area (Å²) in [5, 5.41) is 4.83. The maximum Gasteiger partial charge on any atom is 0.157 e. The lowest BCUT2D eigenvalue weighted by atomic mass is 10.1. The van der Waals surface area contributed by atoms with Crippen LogP contribution < -0.4 is 0 Å². The molecule has 0 aliphatic rings. The molecule has 0 spiro atoms. The minimum absolute atomic E-state index is 0.597. The molecule has 0 aliphatic heterocycles. The van der Waals surface area contributed by atoms with Crippen molar-refractivity contribution in [2.24, 2.45) is 0 Å². The first kappa shape index (κ1) is 14.0. The summed E-state index contributed by atoms with van der Waals surface area (Å²) in [5.74, 6) is 1.73. The van der Waals surface area contributed by atoms with Crippen LogP contribution >= 0.6 is 11.6 Å². The number of hydrogen-bond acceptors (Lipinski definition) is 3. The van der Waals surface area contributed by atoms with Crippen LogP contribution in [0, 0.1) is 6.92 Å². The Morgan fingerprint density at radius 3 is 2.83 bits per heavy atom. The highest BCUT2D eigenvalue weighted by molar-refractivity contribution is 6.30. The van der Waals surface area contributed by atoms with Gasteiger partial charge in [0, 0.05) is 16.7 Å². The molecule has 4 rings (SSSR count). The molecule has 2 aromatic heterocycles. The SMILES string of the molecule is Cc1nc2ccccc2n1Cc1cc(-c2cccc(Cl)c2)no1. The van der Waals surface area contributed by atoms with Crippen molar-refractivity contribution >= 4 is 22.6 Å². The Balaban J connectivity index is 1.68.